The summed E-state index contributed by atoms with van der Waals surface area (Å²) in [5, 5.41) is 2.87. The summed E-state index contributed by atoms with van der Waals surface area (Å²) in [6, 6.07) is 7.98. The van der Waals surface area contributed by atoms with Gasteiger partial charge in [0, 0.05) is 12.1 Å². The molecular formula is C15H14BrNO2. The lowest BCUT2D eigenvalue weighted by Crippen LogP contribution is -2.31. The quantitative estimate of drug-likeness (QED) is 0.862. The van der Waals surface area contributed by atoms with E-state index in [9.17, 15) is 4.79 Å². The Morgan fingerprint density at radius 1 is 1.37 bits per heavy atom. The number of alkyl halides is 1. The Bertz CT molecular complexity index is 633. The summed E-state index contributed by atoms with van der Waals surface area (Å²) in [6.07, 6.45) is 2.58. The van der Waals surface area contributed by atoms with Crippen LogP contribution in [0.2, 0.25) is 0 Å². The molecular weight excluding hydrogens is 306 g/mol. The summed E-state index contributed by atoms with van der Waals surface area (Å²) >= 11 is 3.65. The SMILES string of the molecule is Cc1ccoc1C(Br)c1ccc2c(c1)C(=O)NCC2. The van der Waals surface area contributed by atoms with Gasteiger partial charge in [-0.2, -0.15) is 0 Å². The van der Waals surface area contributed by atoms with Gasteiger partial charge in [-0.3, -0.25) is 4.79 Å². The van der Waals surface area contributed by atoms with Crippen LogP contribution in [-0.4, -0.2) is 12.5 Å². The summed E-state index contributed by atoms with van der Waals surface area (Å²) in [7, 11) is 0. The number of nitrogens with one attached hydrogen (secondary N) is 1. The van der Waals surface area contributed by atoms with E-state index in [0.717, 1.165) is 41.0 Å². The van der Waals surface area contributed by atoms with Crippen LogP contribution in [-0.2, 0) is 6.42 Å². The van der Waals surface area contributed by atoms with Crippen molar-refractivity contribution in [3.05, 3.63) is 58.5 Å². The molecule has 0 saturated heterocycles. The smallest absolute Gasteiger partial charge is 0.251 e. The average molecular weight is 320 g/mol. The molecule has 4 heteroatoms. The van der Waals surface area contributed by atoms with Crippen LogP contribution < -0.4 is 5.32 Å². The molecule has 0 bridgehead atoms. The lowest BCUT2D eigenvalue weighted by atomic mass is 9.96. The molecule has 1 aliphatic heterocycles. The fraction of sp³-hybridized carbons (Fsp3) is 0.267. The molecule has 1 atom stereocenters. The van der Waals surface area contributed by atoms with E-state index in [1.54, 1.807) is 6.26 Å². The van der Waals surface area contributed by atoms with Gasteiger partial charge in [0.1, 0.15) is 5.76 Å². The third-order valence-electron chi connectivity index (χ3n) is 3.48. The van der Waals surface area contributed by atoms with Gasteiger partial charge in [-0.25, -0.2) is 0 Å². The Balaban J connectivity index is 2.00. The molecule has 0 radical (unpaired) electrons. The summed E-state index contributed by atoms with van der Waals surface area (Å²) in [4.78, 5) is 11.8. The zero-order valence-electron chi connectivity index (χ0n) is 10.6. The fourth-order valence-corrected chi connectivity index (χ4v) is 3.14. The van der Waals surface area contributed by atoms with Gasteiger partial charge >= 0.3 is 0 Å². The highest BCUT2D eigenvalue weighted by Crippen LogP contribution is 2.34. The van der Waals surface area contributed by atoms with Crippen LogP contribution in [0.1, 0.15) is 37.6 Å². The molecule has 19 heavy (non-hydrogen) atoms. The van der Waals surface area contributed by atoms with E-state index >= 15 is 0 Å². The Morgan fingerprint density at radius 2 is 2.21 bits per heavy atom. The number of fused-ring (bicyclic) bond motifs is 1. The molecule has 1 aromatic carbocycles. The minimum absolute atomic E-state index is 0.0129. The first-order valence-corrected chi connectivity index (χ1v) is 7.17. The number of aryl methyl sites for hydroxylation is 1. The Hall–Kier alpha value is -1.55. The molecule has 2 heterocycles. The van der Waals surface area contributed by atoms with E-state index in [1.165, 1.54) is 0 Å². The zero-order chi connectivity index (χ0) is 13.4. The molecule has 1 aliphatic rings. The minimum Gasteiger partial charge on any atom is -0.468 e. The van der Waals surface area contributed by atoms with Gasteiger partial charge in [0.2, 0.25) is 0 Å². The van der Waals surface area contributed by atoms with Crippen molar-refractivity contribution in [2.24, 2.45) is 0 Å². The van der Waals surface area contributed by atoms with Crippen LogP contribution in [0, 0.1) is 6.92 Å². The first kappa shape index (κ1) is 12.5. The standard InChI is InChI=1S/C15H14BrNO2/c1-9-5-7-19-14(9)13(16)11-3-2-10-4-6-17-15(18)12(10)8-11/h2-3,5,7-8,13H,4,6H2,1H3,(H,17,18). The molecule has 3 nitrogen and oxygen atoms in total. The molecule has 0 saturated carbocycles. The van der Waals surface area contributed by atoms with Crippen molar-refractivity contribution in [2.75, 3.05) is 6.54 Å². The molecule has 1 N–H and O–H groups in total. The molecule has 0 spiro atoms. The summed E-state index contributed by atoms with van der Waals surface area (Å²) in [6.45, 7) is 2.73. The molecule has 0 aliphatic carbocycles. The van der Waals surface area contributed by atoms with E-state index in [0.29, 0.717) is 0 Å². The number of furan rings is 1. The van der Waals surface area contributed by atoms with E-state index in [4.69, 9.17) is 4.42 Å². The molecule has 1 amide bonds. The van der Waals surface area contributed by atoms with Crippen LogP contribution in [0.5, 0.6) is 0 Å². The van der Waals surface area contributed by atoms with Crippen molar-refractivity contribution in [3.63, 3.8) is 0 Å². The summed E-state index contributed by atoms with van der Waals surface area (Å²) < 4.78 is 5.50. The minimum atomic E-state index is -0.0254. The van der Waals surface area contributed by atoms with E-state index in [2.05, 4.69) is 27.3 Å². The van der Waals surface area contributed by atoms with Crippen molar-refractivity contribution in [2.45, 2.75) is 18.2 Å². The number of benzene rings is 1. The van der Waals surface area contributed by atoms with Gasteiger partial charge in [-0.15, -0.1) is 0 Å². The van der Waals surface area contributed by atoms with Crippen molar-refractivity contribution >= 4 is 21.8 Å². The monoisotopic (exact) mass is 319 g/mol. The van der Waals surface area contributed by atoms with Crippen molar-refractivity contribution < 1.29 is 9.21 Å². The maximum absolute atomic E-state index is 11.9. The Morgan fingerprint density at radius 3 is 2.95 bits per heavy atom. The third kappa shape index (κ3) is 2.21. The summed E-state index contributed by atoms with van der Waals surface area (Å²) in [5.74, 6) is 0.898. The first-order chi connectivity index (χ1) is 9.16. The molecule has 98 valence electrons. The van der Waals surface area contributed by atoms with E-state index in [1.807, 2.05) is 25.1 Å². The highest BCUT2D eigenvalue weighted by molar-refractivity contribution is 9.09. The van der Waals surface area contributed by atoms with Crippen LogP contribution in [0.4, 0.5) is 0 Å². The number of carbonyl (C=O) groups excluding carboxylic acids is 1. The summed E-state index contributed by atoms with van der Waals surface area (Å²) in [5.41, 5.74) is 4.03. The number of amides is 1. The molecule has 2 aromatic rings. The lowest BCUT2D eigenvalue weighted by Gasteiger charge is -2.18. The van der Waals surface area contributed by atoms with Crippen molar-refractivity contribution in [3.8, 4) is 0 Å². The highest BCUT2D eigenvalue weighted by Gasteiger charge is 2.21. The van der Waals surface area contributed by atoms with Gasteiger partial charge in [-0.1, -0.05) is 28.1 Å². The molecule has 1 aromatic heterocycles. The maximum atomic E-state index is 11.9. The van der Waals surface area contributed by atoms with Gasteiger partial charge in [-0.05, 0) is 42.2 Å². The van der Waals surface area contributed by atoms with E-state index < -0.39 is 0 Å². The molecule has 3 rings (SSSR count). The van der Waals surface area contributed by atoms with Crippen molar-refractivity contribution in [1.29, 1.82) is 0 Å². The highest BCUT2D eigenvalue weighted by atomic mass is 79.9. The number of rotatable bonds is 2. The molecule has 0 fully saturated rings. The maximum Gasteiger partial charge on any atom is 0.251 e. The lowest BCUT2D eigenvalue weighted by molar-refractivity contribution is 0.0946. The Labute approximate surface area is 120 Å². The number of halogens is 1. The van der Waals surface area contributed by atoms with Crippen LogP contribution >= 0.6 is 15.9 Å². The van der Waals surface area contributed by atoms with Crippen LogP contribution in [0.15, 0.2) is 34.9 Å². The van der Waals surface area contributed by atoms with Gasteiger partial charge in [0.05, 0.1) is 11.1 Å². The largest absolute Gasteiger partial charge is 0.468 e. The van der Waals surface area contributed by atoms with Gasteiger partial charge in [0.25, 0.3) is 5.91 Å². The van der Waals surface area contributed by atoms with Crippen LogP contribution in [0.25, 0.3) is 0 Å². The number of hydrogen-bond donors (Lipinski definition) is 1. The predicted molar refractivity (Wildman–Crippen MR) is 76.7 cm³/mol. The van der Waals surface area contributed by atoms with Crippen molar-refractivity contribution in [1.82, 2.24) is 5.32 Å². The third-order valence-corrected chi connectivity index (χ3v) is 4.43. The molecule has 1 unspecified atom stereocenters. The van der Waals surface area contributed by atoms with Gasteiger partial charge < -0.3 is 9.73 Å². The van der Waals surface area contributed by atoms with Crippen LogP contribution in [0.3, 0.4) is 0 Å². The topological polar surface area (TPSA) is 42.2 Å². The van der Waals surface area contributed by atoms with E-state index in [-0.39, 0.29) is 10.7 Å². The first-order valence-electron chi connectivity index (χ1n) is 6.26. The zero-order valence-corrected chi connectivity index (χ0v) is 12.2. The fourth-order valence-electron chi connectivity index (χ4n) is 2.38. The number of carbonyl (C=O) groups is 1. The van der Waals surface area contributed by atoms with Gasteiger partial charge in [0.15, 0.2) is 0 Å². The normalized spacial score (nSPS) is 15.8. The second-order valence-corrected chi connectivity index (χ2v) is 5.67. The predicted octanol–water partition coefficient (Wildman–Crippen LogP) is 3.36. The Kier molecular flexibility index (Phi) is 3.19. The second kappa shape index (κ2) is 4.85. The average Bonchev–Trinajstić information content (AvgIpc) is 2.84. The second-order valence-electron chi connectivity index (χ2n) is 4.75. The number of hydrogen-bond acceptors (Lipinski definition) is 2.